The number of methoxy groups -OCH3 is 1. The van der Waals surface area contributed by atoms with Gasteiger partial charge in [-0.25, -0.2) is 5.84 Å². The Morgan fingerprint density at radius 1 is 1.72 bits per heavy atom. The highest BCUT2D eigenvalue weighted by molar-refractivity contribution is 5.91. The zero-order valence-electron chi connectivity index (χ0n) is 10.4. The van der Waals surface area contributed by atoms with Crippen LogP contribution in [0.1, 0.15) is 29.1 Å². The van der Waals surface area contributed by atoms with E-state index in [0.29, 0.717) is 25.0 Å². The number of nitrogens with one attached hydrogen (secondary N) is 1. The van der Waals surface area contributed by atoms with Crippen LogP contribution in [0.4, 0.5) is 0 Å². The van der Waals surface area contributed by atoms with Crippen molar-refractivity contribution in [2.45, 2.75) is 25.4 Å². The molecule has 0 bridgehead atoms. The Hall–Kier alpha value is -1.44. The molecule has 0 unspecified atom stereocenters. The molecule has 7 heteroatoms. The molecule has 0 radical (unpaired) electrons. The molecule has 0 aromatic carbocycles. The third kappa shape index (κ3) is 3.28. The van der Waals surface area contributed by atoms with Gasteiger partial charge in [-0.05, 0) is 12.8 Å². The highest BCUT2D eigenvalue weighted by Crippen LogP contribution is 2.28. The van der Waals surface area contributed by atoms with Crippen molar-refractivity contribution in [1.82, 2.24) is 15.5 Å². The van der Waals surface area contributed by atoms with Gasteiger partial charge < -0.3 is 9.26 Å². The maximum Gasteiger partial charge on any atom is 0.287 e. The van der Waals surface area contributed by atoms with Crippen LogP contribution in [0.15, 0.2) is 10.6 Å². The Bertz CT molecular complexity index is 403. The second-order valence-electron chi connectivity index (χ2n) is 4.35. The Kier molecular flexibility index (Phi) is 4.29. The molecule has 0 spiro atoms. The van der Waals surface area contributed by atoms with Crippen molar-refractivity contribution < 1.29 is 14.1 Å². The topological polar surface area (TPSA) is 93.6 Å². The number of nitrogens with two attached hydrogens (primary N) is 1. The number of nitrogen functional groups attached to an aromatic ring is 1. The standard InChI is InChI=1S/C11H18N4O3/c1-17-5-4-15(8-2-3-8)7-9-6-10(14-18-9)11(16)13-12/h6,8H,2-5,7,12H2,1H3,(H,13,16). The predicted octanol–water partition coefficient (Wildman–Crippen LogP) is -0.111. The molecular weight excluding hydrogens is 236 g/mol. The normalized spacial score (nSPS) is 15.1. The molecule has 1 aromatic heterocycles. The third-order valence-corrected chi connectivity index (χ3v) is 2.93. The summed E-state index contributed by atoms with van der Waals surface area (Å²) in [6.07, 6.45) is 2.40. The van der Waals surface area contributed by atoms with Gasteiger partial charge in [0.2, 0.25) is 0 Å². The highest BCUT2D eigenvalue weighted by Gasteiger charge is 2.29. The van der Waals surface area contributed by atoms with E-state index < -0.39 is 5.91 Å². The van der Waals surface area contributed by atoms with Crippen LogP contribution in [0.2, 0.25) is 0 Å². The quantitative estimate of drug-likeness (QED) is 0.400. The summed E-state index contributed by atoms with van der Waals surface area (Å²) in [4.78, 5) is 13.5. The van der Waals surface area contributed by atoms with Gasteiger partial charge in [-0.3, -0.25) is 15.1 Å². The Morgan fingerprint density at radius 2 is 2.50 bits per heavy atom. The average Bonchev–Trinajstić information content (AvgIpc) is 3.13. The number of ether oxygens (including phenoxy) is 1. The van der Waals surface area contributed by atoms with E-state index in [1.165, 1.54) is 12.8 Å². The van der Waals surface area contributed by atoms with Gasteiger partial charge in [-0.1, -0.05) is 5.16 Å². The van der Waals surface area contributed by atoms with Crippen LogP contribution in [0.25, 0.3) is 0 Å². The first-order chi connectivity index (χ1) is 8.74. The van der Waals surface area contributed by atoms with Gasteiger partial charge in [-0.2, -0.15) is 0 Å². The number of carbonyl (C=O) groups excluding carboxylic acids is 1. The van der Waals surface area contributed by atoms with Crippen molar-refractivity contribution in [3.05, 3.63) is 17.5 Å². The van der Waals surface area contributed by atoms with E-state index >= 15 is 0 Å². The summed E-state index contributed by atoms with van der Waals surface area (Å²) in [5.74, 6) is 5.25. The lowest BCUT2D eigenvalue weighted by Crippen LogP contribution is -2.30. The van der Waals surface area contributed by atoms with Gasteiger partial charge in [0.1, 0.15) is 0 Å². The summed E-state index contributed by atoms with van der Waals surface area (Å²) in [5, 5.41) is 3.68. The first kappa shape index (κ1) is 13.0. The first-order valence-electron chi connectivity index (χ1n) is 5.94. The minimum atomic E-state index is -0.445. The summed E-state index contributed by atoms with van der Waals surface area (Å²) in [5.41, 5.74) is 2.23. The van der Waals surface area contributed by atoms with Gasteiger partial charge in [0.25, 0.3) is 5.91 Å². The van der Waals surface area contributed by atoms with Gasteiger partial charge >= 0.3 is 0 Å². The van der Waals surface area contributed by atoms with Crippen molar-refractivity contribution in [3.63, 3.8) is 0 Å². The maximum atomic E-state index is 11.2. The maximum absolute atomic E-state index is 11.2. The Labute approximate surface area is 105 Å². The molecule has 1 aliphatic rings. The number of carbonyl (C=O) groups is 1. The molecule has 2 rings (SSSR count). The Balaban J connectivity index is 1.93. The minimum Gasteiger partial charge on any atom is -0.383 e. The largest absolute Gasteiger partial charge is 0.383 e. The van der Waals surface area contributed by atoms with Crippen molar-refractivity contribution in [2.75, 3.05) is 20.3 Å². The van der Waals surface area contributed by atoms with E-state index in [0.717, 1.165) is 6.54 Å². The average molecular weight is 254 g/mol. The zero-order valence-corrected chi connectivity index (χ0v) is 10.4. The zero-order chi connectivity index (χ0) is 13.0. The second kappa shape index (κ2) is 5.94. The summed E-state index contributed by atoms with van der Waals surface area (Å²) in [6, 6.07) is 2.21. The number of hydrogen-bond acceptors (Lipinski definition) is 6. The Morgan fingerprint density at radius 3 is 3.11 bits per heavy atom. The van der Waals surface area contributed by atoms with Gasteiger partial charge in [0, 0.05) is 25.8 Å². The molecule has 1 fully saturated rings. The van der Waals surface area contributed by atoms with E-state index in [4.69, 9.17) is 15.1 Å². The van der Waals surface area contributed by atoms with Crippen molar-refractivity contribution in [1.29, 1.82) is 0 Å². The van der Waals surface area contributed by atoms with Crippen LogP contribution in [-0.4, -0.2) is 42.3 Å². The van der Waals surface area contributed by atoms with Crippen molar-refractivity contribution >= 4 is 5.91 Å². The fourth-order valence-corrected chi connectivity index (χ4v) is 1.81. The van der Waals surface area contributed by atoms with E-state index in [-0.39, 0.29) is 5.69 Å². The van der Waals surface area contributed by atoms with Gasteiger partial charge in [0.05, 0.1) is 13.2 Å². The van der Waals surface area contributed by atoms with Crippen LogP contribution in [0.3, 0.4) is 0 Å². The number of hydrazine groups is 1. The van der Waals surface area contributed by atoms with Gasteiger partial charge in [-0.15, -0.1) is 0 Å². The summed E-state index contributed by atoms with van der Waals surface area (Å²) >= 11 is 0. The SMILES string of the molecule is COCCN(Cc1cc(C(=O)NN)no1)C1CC1. The molecule has 1 aromatic rings. The van der Waals surface area contributed by atoms with E-state index in [1.807, 2.05) is 5.43 Å². The van der Waals surface area contributed by atoms with Crippen LogP contribution >= 0.6 is 0 Å². The van der Waals surface area contributed by atoms with E-state index in [9.17, 15) is 4.79 Å². The van der Waals surface area contributed by atoms with Crippen molar-refractivity contribution in [2.24, 2.45) is 5.84 Å². The van der Waals surface area contributed by atoms with Crippen LogP contribution in [0, 0.1) is 0 Å². The number of rotatable bonds is 7. The lowest BCUT2D eigenvalue weighted by molar-refractivity contribution is 0.0944. The summed E-state index contributed by atoms with van der Waals surface area (Å²) in [7, 11) is 1.68. The molecule has 18 heavy (non-hydrogen) atoms. The summed E-state index contributed by atoms with van der Waals surface area (Å²) < 4.78 is 10.2. The molecular formula is C11H18N4O3. The third-order valence-electron chi connectivity index (χ3n) is 2.93. The molecule has 1 amide bonds. The fourth-order valence-electron chi connectivity index (χ4n) is 1.81. The molecule has 3 N–H and O–H groups in total. The van der Waals surface area contributed by atoms with Crippen LogP contribution in [0.5, 0.6) is 0 Å². The van der Waals surface area contributed by atoms with Crippen molar-refractivity contribution in [3.8, 4) is 0 Å². The van der Waals surface area contributed by atoms with E-state index in [1.54, 1.807) is 13.2 Å². The van der Waals surface area contributed by atoms with E-state index in [2.05, 4.69) is 10.1 Å². The van der Waals surface area contributed by atoms with Crippen LogP contribution < -0.4 is 11.3 Å². The molecule has 1 aliphatic carbocycles. The first-order valence-corrected chi connectivity index (χ1v) is 5.94. The number of nitrogens with zero attached hydrogens (tertiary/aromatic N) is 2. The molecule has 1 saturated carbocycles. The predicted molar refractivity (Wildman–Crippen MR) is 63.5 cm³/mol. The minimum absolute atomic E-state index is 0.204. The highest BCUT2D eigenvalue weighted by atomic mass is 16.5. The smallest absolute Gasteiger partial charge is 0.287 e. The molecule has 0 aliphatic heterocycles. The summed E-state index contributed by atoms with van der Waals surface area (Å²) in [6.45, 7) is 2.17. The fraction of sp³-hybridized carbons (Fsp3) is 0.636. The second-order valence-corrected chi connectivity index (χ2v) is 4.35. The number of aromatic nitrogens is 1. The monoisotopic (exact) mass is 254 g/mol. The lowest BCUT2D eigenvalue weighted by Gasteiger charge is -2.19. The lowest BCUT2D eigenvalue weighted by atomic mass is 10.3. The molecule has 1 heterocycles. The van der Waals surface area contributed by atoms with Gasteiger partial charge in [0.15, 0.2) is 11.5 Å². The van der Waals surface area contributed by atoms with Crippen LogP contribution in [-0.2, 0) is 11.3 Å². The molecule has 100 valence electrons. The molecule has 7 nitrogen and oxygen atoms in total. The molecule has 0 atom stereocenters. The number of hydrogen-bond donors (Lipinski definition) is 2. The molecule has 0 saturated heterocycles. The number of amides is 1.